The number of hydrogen-bond donors (Lipinski definition) is 0. The van der Waals surface area contributed by atoms with Crippen LogP contribution in [0.3, 0.4) is 0 Å². The zero-order valence-electron chi connectivity index (χ0n) is 37.9. The minimum Gasteiger partial charge on any atom is -0.0619 e. The first-order valence-corrected chi connectivity index (χ1v) is 24.1. The van der Waals surface area contributed by atoms with Crippen LogP contribution in [-0.4, -0.2) is 0 Å². The fraction of sp³-hybridized carbons (Fsp3) is 0.0588. The number of benzene rings is 12. The average molecular weight is 861 g/mol. The van der Waals surface area contributed by atoms with Gasteiger partial charge in [0.2, 0.25) is 0 Å². The molecule has 0 radical (unpaired) electrons. The summed E-state index contributed by atoms with van der Waals surface area (Å²) in [6.45, 7) is 4.81. The molecule has 15 rings (SSSR count). The first-order chi connectivity index (χ1) is 33.5. The largest absolute Gasteiger partial charge is 0.0725 e. The lowest BCUT2D eigenvalue weighted by molar-refractivity contribution is 0.661. The predicted octanol–water partition coefficient (Wildman–Crippen LogP) is 18.0. The van der Waals surface area contributed by atoms with Gasteiger partial charge in [-0.25, -0.2) is 0 Å². The second-order valence-corrected chi connectivity index (χ2v) is 19.9. The van der Waals surface area contributed by atoms with E-state index in [4.69, 9.17) is 0 Å². The monoisotopic (exact) mass is 860 g/mol. The summed E-state index contributed by atoms with van der Waals surface area (Å²) < 4.78 is 0. The first kappa shape index (κ1) is 37.9. The molecule has 0 heterocycles. The van der Waals surface area contributed by atoms with Crippen molar-refractivity contribution in [3.8, 4) is 66.8 Å². The van der Waals surface area contributed by atoms with Gasteiger partial charge < -0.3 is 0 Å². The molecule has 0 amide bonds. The molecule has 0 bridgehead atoms. The maximum absolute atomic E-state index is 2.57. The van der Waals surface area contributed by atoms with Gasteiger partial charge in [0.25, 0.3) is 0 Å². The second-order valence-electron chi connectivity index (χ2n) is 19.9. The molecule has 0 atom stereocenters. The van der Waals surface area contributed by atoms with E-state index < -0.39 is 5.41 Å². The second kappa shape index (κ2) is 13.6. The van der Waals surface area contributed by atoms with Crippen molar-refractivity contribution in [1.29, 1.82) is 0 Å². The van der Waals surface area contributed by atoms with Gasteiger partial charge in [-0.3, -0.25) is 0 Å². The minimum atomic E-state index is -0.410. The number of fused-ring (bicyclic) bond motifs is 17. The Balaban J connectivity index is 1.05. The zero-order valence-corrected chi connectivity index (χ0v) is 37.9. The normalized spacial score (nSPS) is 14.3. The van der Waals surface area contributed by atoms with Crippen molar-refractivity contribution in [3.63, 3.8) is 0 Å². The standard InChI is InChI=1S/C68H44/c1-67(2)59-23-11-7-22-52(59)55-39-57-58(40-63(55)67)66(48-30-28-42-16-4-6-18-44(42)36-48)56-37-45(32-34-54(56)65(57)47-29-27-41-15-3-5-17-43(41)35-47)46-31-33-53-51-21-10-14-26-62(51)68(64(53)38-46)60-24-12-8-19-49(60)50-20-9-13-25-61(50)68/h3-40H,1-2H3. The van der Waals surface area contributed by atoms with Crippen molar-refractivity contribution in [3.05, 3.63) is 264 Å². The van der Waals surface area contributed by atoms with Crippen molar-refractivity contribution in [2.75, 3.05) is 0 Å². The highest BCUT2D eigenvalue weighted by atomic mass is 14.5. The lowest BCUT2D eigenvalue weighted by Crippen LogP contribution is -2.25. The summed E-state index contributed by atoms with van der Waals surface area (Å²) in [6, 6.07) is 87.8. The lowest BCUT2D eigenvalue weighted by atomic mass is 9.70. The fourth-order valence-electron chi connectivity index (χ4n) is 13.2. The van der Waals surface area contributed by atoms with Gasteiger partial charge in [0.15, 0.2) is 0 Å². The maximum Gasteiger partial charge on any atom is 0.0725 e. The Labute approximate surface area is 396 Å². The van der Waals surface area contributed by atoms with Crippen molar-refractivity contribution in [2.24, 2.45) is 0 Å². The van der Waals surface area contributed by atoms with Gasteiger partial charge in [0.1, 0.15) is 0 Å². The van der Waals surface area contributed by atoms with Crippen LogP contribution in [0.15, 0.2) is 231 Å². The molecule has 0 fully saturated rings. The van der Waals surface area contributed by atoms with E-state index in [9.17, 15) is 0 Å². The third-order valence-electron chi connectivity index (χ3n) is 16.2. The molecular weight excluding hydrogens is 817 g/mol. The Hall–Kier alpha value is -8.32. The van der Waals surface area contributed by atoms with E-state index in [1.807, 2.05) is 0 Å². The molecular formula is C68H44. The highest BCUT2D eigenvalue weighted by Gasteiger charge is 2.51. The zero-order chi connectivity index (χ0) is 44.9. The summed E-state index contributed by atoms with van der Waals surface area (Å²) in [4.78, 5) is 0. The Kier molecular flexibility index (Phi) is 7.59. The summed E-state index contributed by atoms with van der Waals surface area (Å²) in [6.07, 6.45) is 0. The maximum atomic E-state index is 2.57. The highest BCUT2D eigenvalue weighted by Crippen LogP contribution is 2.63. The van der Waals surface area contributed by atoms with E-state index >= 15 is 0 Å². The molecule has 12 aromatic rings. The molecule has 0 unspecified atom stereocenters. The number of rotatable bonds is 3. The molecule has 0 N–H and O–H groups in total. The van der Waals surface area contributed by atoms with Crippen molar-refractivity contribution >= 4 is 43.1 Å². The van der Waals surface area contributed by atoms with E-state index in [1.54, 1.807) is 0 Å². The third-order valence-corrected chi connectivity index (χ3v) is 16.2. The minimum absolute atomic E-state index is 0.157. The Morgan fingerprint density at radius 3 is 1.24 bits per heavy atom. The van der Waals surface area contributed by atoms with Gasteiger partial charge in [-0.15, -0.1) is 0 Å². The molecule has 68 heavy (non-hydrogen) atoms. The van der Waals surface area contributed by atoms with E-state index in [-0.39, 0.29) is 5.41 Å². The Morgan fingerprint density at radius 2 is 0.647 bits per heavy atom. The van der Waals surface area contributed by atoms with Gasteiger partial charge >= 0.3 is 0 Å². The molecule has 0 aliphatic heterocycles. The molecule has 1 spiro atoms. The summed E-state index contributed by atoms with van der Waals surface area (Å²) in [5.74, 6) is 0. The molecule has 316 valence electrons. The quantitative estimate of drug-likeness (QED) is 0.155. The van der Waals surface area contributed by atoms with Gasteiger partial charge in [0.05, 0.1) is 5.41 Å². The van der Waals surface area contributed by atoms with Crippen molar-refractivity contribution in [2.45, 2.75) is 24.7 Å². The summed E-state index contributed by atoms with van der Waals surface area (Å²) in [7, 11) is 0. The summed E-state index contributed by atoms with van der Waals surface area (Å²) in [5, 5.41) is 10.1. The molecule has 0 saturated carbocycles. The molecule has 3 aliphatic carbocycles. The average Bonchev–Trinajstić information content (AvgIpc) is 3.95. The van der Waals surface area contributed by atoms with Crippen molar-refractivity contribution in [1.82, 2.24) is 0 Å². The van der Waals surface area contributed by atoms with Crippen molar-refractivity contribution < 1.29 is 0 Å². The molecule has 12 aromatic carbocycles. The predicted molar refractivity (Wildman–Crippen MR) is 287 cm³/mol. The molecule has 0 aromatic heterocycles. The van der Waals surface area contributed by atoms with E-state index in [1.165, 1.54) is 143 Å². The third kappa shape index (κ3) is 4.94. The fourth-order valence-corrected chi connectivity index (χ4v) is 13.2. The summed E-state index contributed by atoms with van der Waals surface area (Å²) >= 11 is 0. The van der Waals surface area contributed by atoms with Gasteiger partial charge in [-0.05, 0) is 180 Å². The topological polar surface area (TPSA) is 0 Å². The smallest absolute Gasteiger partial charge is 0.0619 e. The Bertz CT molecular complexity index is 4110. The van der Waals surface area contributed by atoms with Gasteiger partial charge in [-0.1, -0.05) is 208 Å². The molecule has 0 nitrogen and oxygen atoms in total. The van der Waals surface area contributed by atoms with Crippen LogP contribution in [0.2, 0.25) is 0 Å². The molecule has 0 heteroatoms. The van der Waals surface area contributed by atoms with Crippen LogP contribution in [0.4, 0.5) is 0 Å². The van der Waals surface area contributed by atoms with Crippen LogP contribution in [0, 0.1) is 0 Å². The molecule has 3 aliphatic rings. The first-order valence-electron chi connectivity index (χ1n) is 24.1. The highest BCUT2D eigenvalue weighted by molar-refractivity contribution is 6.24. The van der Waals surface area contributed by atoms with Crippen LogP contribution < -0.4 is 0 Å². The number of hydrogen-bond acceptors (Lipinski definition) is 0. The van der Waals surface area contributed by atoms with Crippen LogP contribution in [-0.2, 0) is 10.8 Å². The summed E-state index contributed by atoms with van der Waals surface area (Å²) in [5.41, 5.74) is 23.1. The Morgan fingerprint density at radius 1 is 0.235 bits per heavy atom. The lowest BCUT2D eigenvalue weighted by Gasteiger charge is -2.30. The van der Waals surface area contributed by atoms with Crippen LogP contribution in [0.25, 0.3) is 110 Å². The SMILES string of the molecule is CC1(C)c2ccccc2-c2cc3c(-c4ccc5ccccc5c4)c4ccc(-c5ccc6c(c5)C5(c7ccccc7-c7ccccc75)c5ccccc5-6)cc4c(-c4ccc5ccccc5c4)c3cc21. The van der Waals surface area contributed by atoms with E-state index in [2.05, 4.69) is 244 Å². The van der Waals surface area contributed by atoms with Crippen LogP contribution in [0.1, 0.15) is 47.2 Å². The van der Waals surface area contributed by atoms with Crippen LogP contribution >= 0.6 is 0 Å². The van der Waals surface area contributed by atoms with Gasteiger partial charge in [0, 0.05) is 5.41 Å². The van der Waals surface area contributed by atoms with Gasteiger partial charge in [-0.2, -0.15) is 0 Å². The molecule has 0 saturated heterocycles. The van der Waals surface area contributed by atoms with Crippen LogP contribution in [0.5, 0.6) is 0 Å². The van der Waals surface area contributed by atoms with E-state index in [0.29, 0.717) is 0 Å². The van der Waals surface area contributed by atoms with E-state index in [0.717, 1.165) is 0 Å².